The number of aromatic nitrogens is 1. The maximum Gasteiger partial charge on any atom is 0.279 e. The molecule has 0 unspecified atom stereocenters. The molecule has 0 N–H and O–H groups in total. The second-order valence-corrected chi connectivity index (χ2v) is 4.13. The first kappa shape index (κ1) is 10.8. The van der Waals surface area contributed by atoms with Crippen molar-refractivity contribution in [3.8, 4) is 10.6 Å². The molecule has 0 aliphatic rings. The predicted octanol–water partition coefficient (Wildman–Crippen LogP) is 3.28. The summed E-state index contributed by atoms with van der Waals surface area (Å²) in [6.07, 6.45) is 0.844. The third-order valence-corrected chi connectivity index (χ3v) is 3.17. The number of nitro benzene ring substituents is 1. The molecule has 2 aromatic rings. The Hall–Kier alpha value is -1.75. The summed E-state index contributed by atoms with van der Waals surface area (Å²) in [5.74, 6) is 0. The number of hydrogen-bond donors (Lipinski definition) is 0. The Kier molecular flexibility index (Phi) is 2.96. The summed E-state index contributed by atoms with van der Waals surface area (Å²) < 4.78 is 0. The van der Waals surface area contributed by atoms with Gasteiger partial charge in [-0.2, -0.15) is 0 Å². The summed E-state index contributed by atoms with van der Waals surface area (Å²) in [6, 6.07) is 6.68. The molecule has 0 radical (unpaired) electrons. The highest BCUT2D eigenvalue weighted by molar-refractivity contribution is 7.13. The number of thiazole rings is 1. The van der Waals surface area contributed by atoms with E-state index in [0.29, 0.717) is 10.6 Å². The minimum absolute atomic E-state index is 0.111. The van der Waals surface area contributed by atoms with Gasteiger partial charge in [0.1, 0.15) is 5.01 Å². The topological polar surface area (TPSA) is 56.0 Å². The zero-order valence-corrected chi connectivity index (χ0v) is 9.53. The van der Waals surface area contributed by atoms with Crippen LogP contribution in [0.1, 0.15) is 12.6 Å². The van der Waals surface area contributed by atoms with Gasteiger partial charge in [0.05, 0.1) is 16.2 Å². The number of benzene rings is 1. The molecule has 82 valence electrons. The van der Waals surface area contributed by atoms with Gasteiger partial charge in [0.25, 0.3) is 5.69 Å². The van der Waals surface area contributed by atoms with Gasteiger partial charge in [0, 0.05) is 11.4 Å². The standard InChI is InChI=1S/C11H10N2O2S/c1-2-8-7-16-11(12-8)9-5-3-4-6-10(9)13(14)15/h3-7H,2H2,1H3. The van der Waals surface area contributed by atoms with Gasteiger partial charge in [-0.1, -0.05) is 19.1 Å². The summed E-state index contributed by atoms with van der Waals surface area (Å²) in [7, 11) is 0. The fourth-order valence-electron chi connectivity index (χ4n) is 1.41. The van der Waals surface area contributed by atoms with E-state index in [1.54, 1.807) is 18.2 Å². The fraction of sp³-hybridized carbons (Fsp3) is 0.182. The van der Waals surface area contributed by atoms with Crippen LogP contribution in [0.15, 0.2) is 29.6 Å². The lowest BCUT2D eigenvalue weighted by atomic mass is 10.2. The van der Waals surface area contributed by atoms with Gasteiger partial charge in [-0.05, 0) is 12.5 Å². The number of para-hydroxylation sites is 1. The molecule has 0 saturated carbocycles. The average molecular weight is 234 g/mol. The first-order valence-electron chi connectivity index (χ1n) is 4.90. The van der Waals surface area contributed by atoms with Crippen molar-refractivity contribution in [2.24, 2.45) is 0 Å². The van der Waals surface area contributed by atoms with Crippen LogP contribution in [0, 0.1) is 10.1 Å². The van der Waals surface area contributed by atoms with Crippen LogP contribution in [0.25, 0.3) is 10.6 Å². The molecule has 0 spiro atoms. The smallest absolute Gasteiger partial charge is 0.258 e. The van der Waals surface area contributed by atoms with E-state index in [-0.39, 0.29) is 10.6 Å². The number of nitro groups is 1. The van der Waals surface area contributed by atoms with Crippen molar-refractivity contribution in [3.63, 3.8) is 0 Å². The normalized spacial score (nSPS) is 10.3. The Morgan fingerprint density at radius 3 is 2.81 bits per heavy atom. The van der Waals surface area contributed by atoms with Gasteiger partial charge in [-0.3, -0.25) is 10.1 Å². The second-order valence-electron chi connectivity index (χ2n) is 3.27. The fourth-order valence-corrected chi connectivity index (χ4v) is 2.34. The van der Waals surface area contributed by atoms with Crippen molar-refractivity contribution in [1.29, 1.82) is 0 Å². The lowest BCUT2D eigenvalue weighted by Crippen LogP contribution is -1.91. The molecule has 4 nitrogen and oxygen atoms in total. The highest BCUT2D eigenvalue weighted by Crippen LogP contribution is 2.31. The van der Waals surface area contributed by atoms with Crippen LogP contribution in [0.3, 0.4) is 0 Å². The molecular formula is C11H10N2O2S. The Morgan fingerprint density at radius 1 is 1.44 bits per heavy atom. The molecule has 1 aromatic heterocycles. The molecule has 5 heteroatoms. The molecule has 1 heterocycles. The maximum absolute atomic E-state index is 10.9. The molecule has 0 amide bonds. The monoisotopic (exact) mass is 234 g/mol. The summed E-state index contributed by atoms with van der Waals surface area (Å²) in [5.41, 5.74) is 1.68. The zero-order valence-electron chi connectivity index (χ0n) is 8.71. The summed E-state index contributed by atoms with van der Waals surface area (Å²) >= 11 is 1.44. The molecule has 16 heavy (non-hydrogen) atoms. The van der Waals surface area contributed by atoms with Crippen LogP contribution in [0.5, 0.6) is 0 Å². The Balaban J connectivity index is 2.50. The first-order chi connectivity index (χ1) is 7.72. The van der Waals surface area contributed by atoms with E-state index in [1.165, 1.54) is 17.4 Å². The highest BCUT2D eigenvalue weighted by atomic mass is 32.1. The largest absolute Gasteiger partial charge is 0.279 e. The molecule has 2 rings (SSSR count). The van der Waals surface area contributed by atoms with Crippen LogP contribution in [-0.4, -0.2) is 9.91 Å². The number of aryl methyl sites for hydroxylation is 1. The maximum atomic E-state index is 10.9. The molecular weight excluding hydrogens is 224 g/mol. The van der Waals surface area contributed by atoms with Crippen LogP contribution in [-0.2, 0) is 6.42 Å². The molecule has 0 aliphatic carbocycles. The first-order valence-corrected chi connectivity index (χ1v) is 5.78. The minimum Gasteiger partial charge on any atom is -0.258 e. The quantitative estimate of drug-likeness (QED) is 0.605. The van der Waals surface area contributed by atoms with E-state index in [9.17, 15) is 10.1 Å². The van der Waals surface area contributed by atoms with Crippen LogP contribution >= 0.6 is 11.3 Å². The van der Waals surface area contributed by atoms with E-state index in [4.69, 9.17) is 0 Å². The lowest BCUT2D eigenvalue weighted by molar-refractivity contribution is -0.384. The summed E-state index contributed by atoms with van der Waals surface area (Å²) in [5, 5.41) is 13.5. The van der Waals surface area contributed by atoms with Crippen molar-refractivity contribution < 1.29 is 4.92 Å². The van der Waals surface area contributed by atoms with E-state index >= 15 is 0 Å². The molecule has 0 fully saturated rings. The van der Waals surface area contributed by atoms with Crippen molar-refractivity contribution in [2.45, 2.75) is 13.3 Å². The zero-order chi connectivity index (χ0) is 11.5. The third kappa shape index (κ3) is 1.94. The van der Waals surface area contributed by atoms with Gasteiger partial charge in [-0.25, -0.2) is 4.98 Å². The van der Waals surface area contributed by atoms with Gasteiger partial charge in [0.15, 0.2) is 0 Å². The number of nitrogens with zero attached hydrogens (tertiary/aromatic N) is 2. The minimum atomic E-state index is -0.373. The second kappa shape index (κ2) is 4.40. The summed E-state index contributed by atoms with van der Waals surface area (Å²) in [6.45, 7) is 2.01. The van der Waals surface area contributed by atoms with E-state index in [1.807, 2.05) is 12.3 Å². The van der Waals surface area contributed by atoms with E-state index < -0.39 is 0 Å². The molecule has 0 aliphatic heterocycles. The van der Waals surface area contributed by atoms with Crippen molar-refractivity contribution in [2.75, 3.05) is 0 Å². The van der Waals surface area contributed by atoms with Gasteiger partial charge in [-0.15, -0.1) is 11.3 Å². The molecule has 1 aromatic carbocycles. The van der Waals surface area contributed by atoms with Gasteiger partial charge >= 0.3 is 0 Å². The van der Waals surface area contributed by atoms with E-state index in [0.717, 1.165) is 12.1 Å². The Morgan fingerprint density at radius 2 is 2.19 bits per heavy atom. The Labute approximate surface area is 96.7 Å². The number of rotatable bonds is 3. The average Bonchev–Trinajstić information content (AvgIpc) is 2.77. The summed E-state index contributed by atoms with van der Waals surface area (Å²) in [4.78, 5) is 14.8. The van der Waals surface area contributed by atoms with E-state index in [2.05, 4.69) is 4.98 Å². The van der Waals surface area contributed by atoms with Crippen LogP contribution in [0.4, 0.5) is 5.69 Å². The van der Waals surface area contributed by atoms with Crippen molar-refractivity contribution in [3.05, 3.63) is 45.5 Å². The number of hydrogen-bond acceptors (Lipinski definition) is 4. The SMILES string of the molecule is CCc1csc(-c2ccccc2[N+](=O)[O-])n1. The highest BCUT2D eigenvalue weighted by Gasteiger charge is 2.16. The van der Waals surface area contributed by atoms with Gasteiger partial charge in [0.2, 0.25) is 0 Å². The third-order valence-electron chi connectivity index (χ3n) is 2.25. The lowest BCUT2D eigenvalue weighted by Gasteiger charge is -1.97. The van der Waals surface area contributed by atoms with Gasteiger partial charge < -0.3 is 0 Å². The molecule has 0 atom stereocenters. The van der Waals surface area contributed by atoms with Crippen molar-refractivity contribution >= 4 is 17.0 Å². The van der Waals surface area contributed by atoms with Crippen LogP contribution in [0.2, 0.25) is 0 Å². The predicted molar refractivity (Wildman–Crippen MR) is 63.6 cm³/mol. The molecule has 0 bridgehead atoms. The Bertz CT molecular complexity index is 522. The van der Waals surface area contributed by atoms with Crippen molar-refractivity contribution in [1.82, 2.24) is 4.98 Å². The molecule has 0 saturated heterocycles. The van der Waals surface area contributed by atoms with Crippen LogP contribution < -0.4 is 0 Å².